The molecule has 0 fully saturated rings. The van der Waals surface area contributed by atoms with E-state index in [1.165, 1.54) is 18.2 Å². The van der Waals surface area contributed by atoms with Crippen LogP contribution in [-0.2, 0) is 6.54 Å². The van der Waals surface area contributed by atoms with Crippen LogP contribution < -0.4 is 9.47 Å². The molecule has 1 aliphatic rings. The molecule has 9 heteroatoms. The van der Waals surface area contributed by atoms with Crippen molar-refractivity contribution in [2.75, 3.05) is 13.2 Å². The molecule has 5 rings (SSSR count). The highest BCUT2D eigenvalue weighted by Gasteiger charge is 2.43. The number of aromatic nitrogens is 2. The first kappa shape index (κ1) is 24.6. The number of rotatable bonds is 8. The van der Waals surface area contributed by atoms with Crippen LogP contribution in [0, 0.1) is 5.82 Å². The first-order valence-corrected chi connectivity index (χ1v) is 12.3. The van der Waals surface area contributed by atoms with Gasteiger partial charge in [-0.3, -0.25) is 9.89 Å². The Morgan fingerprint density at radius 1 is 1.03 bits per heavy atom. The number of halogens is 2. The maximum atomic E-state index is 13.7. The summed E-state index contributed by atoms with van der Waals surface area (Å²) in [4.78, 5) is 15.4. The lowest BCUT2D eigenvalue weighted by Crippen LogP contribution is -2.29. The average molecular weight is 522 g/mol. The molecule has 2 N–H and O–H groups in total. The van der Waals surface area contributed by atoms with E-state index in [-0.39, 0.29) is 24.0 Å². The summed E-state index contributed by atoms with van der Waals surface area (Å²) in [5.41, 5.74) is 3.28. The molecule has 0 spiro atoms. The van der Waals surface area contributed by atoms with Crippen LogP contribution in [-0.4, -0.2) is 39.3 Å². The molecular formula is C28H25ClFN3O4. The highest BCUT2D eigenvalue weighted by molar-refractivity contribution is 6.31. The minimum Gasteiger partial charge on any atom is -0.507 e. The number of phenols is 1. The first-order chi connectivity index (χ1) is 17.9. The maximum absolute atomic E-state index is 13.7. The molecule has 37 heavy (non-hydrogen) atoms. The lowest BCUT2D eigenvalue weighted by Gasteiger charge is -2.27. The summed E-state index contributed by atoms with van der Waals surface area (Å²) >= 11 is 6.23. The number of hydrogen-bond donors (Lipinski definition) is 2. The van der Waals surface area contributed by atoms with Crippen LogP contribution in [0.4, 0.5) is 4.39 Å². The van der Waals surface area contributed by atoms with Crippen molar-refractivity contribution in [2.45, 2.75) is 26.4 Å². The normalized spacial score (nSPS) is 14.6. The summed E-state index contributed by atoms with van der Waals surface area (Å²) in [7, 11) is 0. The van der Waals surface area contributed by atoms with E-state index in [0.29, 0.717) is 52.3 Å². The molecule has 1 amide bonds. The van der Waals surface area contributed by atoms with Crippen molar-refractivity contribution in [3.05, 3.63) is 93.9 Å². The molecule has 1 aromatic heterocycles. The summed E-state index contributed by atoms with van der Waals surface area (Å²) in [6.07, 6.45) is 0. The summed E-state index contributed by atoms with van der Waals surface area (Å²) in [5.74, 6) is 0.525. The van der Waals surface area contributed by atoms with E-state index in [1.54, 1.807) is 29.2 Å². The molecule has 0 saturated heterocycles. The minimum atomic E-state index is -0.574. The third-order valence-electron chi connectivity index (χ3n) is 6.23. The predicted octanol–water partition coefficient (Wildman–Crippen LogP) is 6.12. The van der Waals surface area contributed by atoms with E-state index in [9.17, 15) is 14.3 Å². The Hall–Kier alpha value is -4.04. The number of aromatic hydroxyl groups is 1. The summed E-state index contributed by atoms with van der Waals surface area (Å²) in [5, 5.41) is 18.3. The topological polar surface area (TPSA) is 87.7 Å². The molecule has 1 atom stereocenters. The van der Waals surface area contributed by atoms with Crippen molar-refractivity contribution < 1.29 is 23.8 Å². The van der Waals surface area contributed by atoms with Crippen LogP contribution in [0.15, 0.2) is 60.7 Å². The fourth-order valence-electron chi connectivity index (χ4n) is 4.63. The Bertz CT molecular complexity index is 1450. The van der Waals surface area contributed by atoms with Crippen LogP contribution >= 0.6 is 11.6 Å². The fraction of sp³-hybridized carbons (Fsp3) is 0.214. The molecule has 2 heterocycles. The van der Waals surface area contributed by atoms with Crippen molar-refractivity contribution in [3.63, 3.8) is 0 Å². The van der Waals surface area contributed by atoms with E-state index >= 15 is 0 Å². The zero-order chi connectivity index (χ0) is 26.1. The average Bonchev–Trinajstić information content (AvgIpc) is 3.42. The molecule has 1 unspecified atom stereocenters. The Balaban J connectivity index is 1.67. The van der Waals surface area contributed by atoms with E-state index in [0.717, 1.165) is 11.1 Å². The number of hydrogen-bond acceptors (Lipinski definition) is 5. The van der Waals surface area contributed by atoms with Gasteiger partial charge in [-0.05, 0) is 67.4 Å². The van der Waals surface area contributed by atoms with E-state index in [4.69, 9.17) is 21.1 Å². The number of fused-ring (bicyclic) bond motifs is 1. The molecule has 0 bridgehead atoms. The molecule has 7 nitrogen and oxygen atoms in total. The van der Waals surface area contributed by atoms with Gasteiger partial charge in [0.2, 0.25) is 0 Å². The van der Waals surface area contributed by atoms with Crippen LogP contribution in [0.25, 0.3) is 11.3 Å². The fourth-order valence-corrected chi connectivity index (χ4v) is 4.81. The first-order valence-electron chi connectivity index (χ1n) is 11.9. The van der Waals surface area contributed by atoms with Crippen LogP contribution in [0.2, 0.25) is 5.02 Å². The van der Waals surface area contributed by atoms with Crippen molar-refractivity contribution in [3.8, 4) is 28.5 Å². The smallest absolute Gasteiger partial charge is 0.273 e. The second kappa shape index (κ2) is 10.1. The number of H-pyrrole nitrogens is 1. The number of nitrogens with one attached hydrogen (secondary N) is 1. The van der Waals surface area contributed by atoms with Gasteiger partial charge in [-0.25, -0.2) is 4.39 Å². The molecule has 3 aromatic carbocycles. The summed E-state index contributed by atoms with van der Waals surface area (Å²) in [6.45, 7) is 4.92. The van der Waals surface area contributed by atoms with Gasteiger partial charge in [-0.15, -0.1) is 0 Å². The number of amides is 1. The highest BCUT2D eigenvalue weighted by Crippen LogP contribution is 2.46. The third-order valence-corrected chi connectivity index (χ3v) is 6.46. The number of carbonyl (C=O) groups is 1. The van der Waals surface area contributed by atoms with Gasteiger partial charge < -0.3 is 19.5 Å². The number of ether oxygens (including phenoxy) is 2. The Kier molecular flexibility index (Phi) is 6.76. The lowest BCUT2D eigenvalue weighted by molar-refractivity contribution is 0.0729. The van der Waals surface area contributed by atoms with Crippen molar-refractivity contribution in [1.29, 1.82) is 0 Å². The van der Waals surface area contributed by atoms with Gasteiger partial charge in [0.15, 0.2) is 11.5 Å². The van der Waals surface area contributed by atoms with Crippen LogP contribution in [0.5, 0.6) is 17.2 Å². The van der Waals surface area contributed by atoms with E-state index < -0.39 is 6.04 Å². The number of nitrogens with zero attached hydrogens (tertiary/aromatic N) is 2. The third kappa shape index (κ3) is 4.60. The second-order valence-electron chi connectivity index (χ2n) is 8.56. The van der Waals surface area contributed by atoms with Crippen molar-refractivity contribution in [1.82, 2.24) is 15.1 Å². The second-order valence-corrected chi connectivity index (χ2v) is 8.99. The van der Waals surface area contributed by atoms with Gasteiger partial charge in [0, 0.05) is 22.7 Å². The Morgan fingerprint density at radius 2 is 1.76 bits per heavy atom. The van der Waals surface area contributed by atoms with E-state index in [1.807, 2.05) is 32.0 Å². The van der Waals surface area contributed by atoms with Crippen LogP contribution in [0.1, 0.15) is 47.1 Å². The Labute approximate surface area is 218 Å². The summed E-state index contributed by atoms with van der Waals surface area (Å²) in [6, 6.07) is 15.7. The quantitative estimate of drug-likeness (QED) is 0.292. The minimum absolute atomic E-state index is 0.0106. The zero-order valence-electron chi connectivity index (χ0n) is 20.3. The number of benzene rings is 3. The van der Waals surface area contributed by atoms with Gasteiger partial charge in [-0.1, -0.05) is 29.8 Å². The van der Waals surface area contributed by atoms with Gasteiger partial charge in [0.05, 0.1) is 19.3 Å². The monoisotopic (exact) mass is 521 g/mol. The van der Waals surface area contributed by atoms with E-state index in [2.05, 4.69) is 10.2 Å². The lowest BCUT2D eigenvalue weighted by atomic mass is 9.95. The highest BCUT2D eigenvalue weighted by atomic mass is 35.5. The molecule has 0 radical (unpaired) electrons. The number of aromatic amines is 1. The standard InChI is InChI=1S/C28H25ClFN3O4/c1-3-36-22-12-7-17(13-23(22)37-4-2)27-24-25(20-14-18(29)8-11-21(20)34)31-32-26(24)28(35)33(27)15-16-5-9-19(30)10-6-16/h5-14,27,34H,3-4,15H2,1-2H3,(H,31,32). The zero-order valence-corrected chi connectivity index (χ0v) is 21.1. The SMILES string of the molecule is CCOc1ccc(C2c3c(-c4cc(Cl)ccc4O)n[nH]c3C(=O)N2Cc2ccc(F)cc2)cc1OCC. The maximum Gasteiger partial charge on any atom is 0.273 e. The van der Waals surface area contributed by atoms with Gasteiger partial charge in [0.25, 0.3) is 5.91 Å². The van der Waals surface area contributed by atoms with Gasteiger partial charge >= 0.3 is 0 Å². The largest absolute Gasteiger partial charge is 0.507 e. The number of phenolic OH excluding ortho intramolecular Hbond substituents is 1. The predicted molar refractivity (Wildman–Crippen MR) is 138 cm³/mol. The summed E-state index contributed by atoms with van der Waals surface area (Å²) < 4.78 is 25.1. The van der Waals surface area contributed by atoms with Crippen molar-refractivity contribution >= 4 is 17.5 Å². The van der Waals surface area contributed by atoms with Crippen molar-refractivity contribution in [2.24, 2.45) is 0 Å². The van der Waals surface area contributed by atoms with Gasteiger partial charge in [0.1, 0.15) is 23.0 Å². The Morgan fingerprint density at radius 3 is 2.49 bits per heavy atom. The number of carbonyl (C=O) groups excluding carboxylic acids is 1. The molecule has 1 aliphatic heterocycles. The van der Waals surface area contributed by atoms with Crippen LogP contribution in [0.3, 0.4) is 0 Å². The van der Waals surface area contributed by atoms with Gasteiger partial charge in [-0.2, -0.15) is 5.10 Å². The molecule has 0 saturated carbocycles. The molecule has 4 aromatic rings. The molecule has 0 aliphatic carbocycles. The molecule has 190 valence electrons. The molecular weight excluding hydrogens is 497 g/mol.